The van der Waals surface area contributed by atoms with Gasteiger partial charge in [-0.05, 0) is 55.6 Å². The van der Waals surface area contributed by atoms with Crippen molar-refractivity contribution >= 4 is 24.6 Å². The molecule has 5 aromatic rings. The van der Waals surface area contributed by atoms with E-state index in [1.807, 2.05) is 0 Å². The Hall–Kier alpha value is -4.25. The summed E-state index contributed by atoms with van der Waals surface area (Å²) in [6.45, 7) is 9.96. The van der Waals surface area contributed by atoms with Gasteiger partial charge in [0.1, 0.15) is 0 Å². The lowest BCUT2D eigenvalue weighted by Crippen LogP contribution is -2.66. The monoisotopic (exact) mass is 661 g/mol. The first-order chi connectivity index (χ1) is 23.7. The third kappa shape index (κ3) is 4.53. The fourth-order valence-electron chi connectivity index (χ4n) is 10.5. The van der Waals surface area contributed by atoms with E-state index in [0.717, 1.165) is 6.42 Å². The van der Waals surface area contributed by atoms with E-state index in [1.54, 1.807) is 0 Å². The van der Waals surface area contributed by atoms with Crippen molar-refractivity contribution < 1.29 is 9.22 Å². The zero-order valence-corrected chi connectivity index (χ0v) is 30.3. The van der Waals surface area contributed by atoms with Gasteiger partial charge in [0.25, 0.3) is 8.32 Å². The molecule has 1 aliphatic heterocycles. The molecule has 9 rings (SSSR count). The molecular formula is C45H47NO2Si. The molecule has 49 heavy (non-hydrogen) atoms. The summed E-state index contributed by atoms with van der Waals surface area (Å²) in [6.07, 6.45) is 0.796. The molecule has 2 bridgehead atoms. The summed E-state index contributed by atoms with van der Waals surface area (Å²) in [5.41, 5.74) is 6.27. The average Bonchev–Trinajstić information content (AvgIpc) is 3.39. The highest BCUT2D eigenvalue weighted by Crippen LogP contribution is 2.68. The predicted octanol–water partition coefficient (Wildman–Crippen LogP) is 8.28. The highest BCUT2D eigenvalue weighted by molar-refractivity contribution is 6.99. The molecule has 1 saturated heterocycles. The van der Waals surface area contributed by atoms with E-state index in [9.17, 15) is 4.79 Å². The Kier molecular flexibility index (Phi) is 7.81. The van der Waals surface area contributed by atoms with Crippen LogP contribution in [0.5, 0.6) is 0 Å². The molecule has 0 aromatic heterocycles. The Balaban J connectivity index is 1.24. The Bertz CT molecular complexity index is 1880. The SMILES string of the molecule is C[C@H](c1ccccc1)C12c3ccccc3C(c3ccccc31)[C@@H]1[C@H]2C(=O)N(C)[C@H]1CCO[Si](c1ccccc1)(c1ccccc1)C(C)(C)C. The molecule has 0 radical (unpaired) electrons. The molecule has 3 nitrogen and oxygen atoms in total. The number of benzene rings is 5. The van der Waals surface area contributed by atoms with Crippen LogP contribution in [-0.2, 0) is 14.6 Å². The molecule has 1 fully saturated rings. The zero-order chi connectivity index (χ0) is 34.0. The first-order valence-electron chi connectivity index (χ1n) is 18.0. The first kappa shape index (κ1) is 32.0. The standard InChI is InChI=1S/C45H47NO2Si/c1-31(32-19-9-6-10-20-32)45-37-27-17-15-25-35(37)40(36-26-16-18-28-38(36)45)41-39(46(5)43(47)42(41)45)29-30-48-49(44(2,3)4,33-21-11-7-12-22-33)34-23-13-8-14-24-34/h6-28,31,39-42H,29-30H2,1-5H3/t31-,39+,40?,41-,42+,45?/m1/s1. The quantitative estimate of drug-likeness (QED) is 0.157. The largest absolute Gasteiger partial charge is 0.407 e. The van der Waals surface area contributed by atoms with Gasteiger partial charge in [0.05, 0.1) is 5.92 Å². The molecule has 0 N–H and O–H groups in total. The van der Waals surface area contributed by atoms with Crippen molar-refractivity contribution in [1.82, 2.24) is 4.90 Å². The summed E-state index contributed by atoms with van der Waals surface area (Å²) in [4.78, 5) is 17.1. The number of rotatable bonds is 8. The molecule has 1 amide bonds. The minimum Gasteiger partial charge on any atom is -0.407 e. The van der Waals surface area contributed by atoms with Gasteiger partial charge >= 0.3 is 0 Å². The lowest BCUT2D eigenvalue weighted by Gasteiger charge is -2.58. The number of likely N-dealkylation sites (tertiary alicyclic amines) is 1. The maximum atomic E-state index is 15.0. The van der Waals surface area contributed by atoms with E-state index in [-0.39, 0.29) is 40.7 Å². The van der Waals surface area contributed by atoms with Gasteiger partial charge in [-0.25, -0.2) is 0 Å². The van der Waals surface area contributed by atoms with Gasteiger partial charge in [-0.15, -0.1) is 0 Å². The smallest absolute Gasteiger partial charge is 0.261 e. The van der Waals surface area contributed by atoms with E-state index in [2.05, 4.69) is 179 Å². The van der Waals surface area contributed by atoms with Gasteiger partial charge in [-0.1, -0.05) is 167 Å². The van der Waals surface area contributed by atoms with E-state index in [0.29, 0.717) is 6.61 Å². The minimum atomic E-state index is -2.72. The Labute approximate surface area is 293 Å². The van der Waals surface area contributed by atoms with E-state index < -0.39 is 13.7 Å². The van der Waals surface area contributed by atoms with E-state index in [4.69, 9.17) is 4.43 Å². The Morgan fingerprint density at radius 1 is 0.714 bits per heavy atom. The fraction of sp³-hybridized carbons (Fsp3) is 0.311. The molecule has 0 spiro atoms. The first-order valence-corrected chi connectivity index (χ1v) is 19.9. The van der Waals surface area contributed by atoms with Crippen molar-refractivity contribution in [2.24, 2.45) is 11.8 Å². The normalized spacial score (nSPS) is 24.7. The third-order valence-electron chi connectivity index (χ3n) is 12.4. The van der Waals surface area contributed by atoms with Crippen molar-refractivity contribution in [2.45, 2.75) is 62.4 Å². The van der Waals surface area contributed by atoms with Crippen LogP contribution in [-0.4, -0.2) is 38.8 Å². The second-order valence-electron chi connectivity index (χ2n) is 15.5. The van der Waals surface area contributed by atoms with Gasteiger partial charge in [-0.2, -0.15) is 0 Å². The van der Waals surface area contributed by atoms with Gasteiger partial charge in [-0.3, -0.25) is 4.79 Å². The highest BCUT2D eigenvalue weighted by Gasteiger charge is 2.68. The molecule has 248 valence electrons. The number of hydrogen-bond acceptors (Lipinski definition) is 2. The number of hydrogen-bond donors (Lipinski definition) is 0. The lowest BCUT2D eigenvalue weighted by atomic mass is 9.43. The number of carbonyl (C=O) groups excluding carboxylic acids is 1. The zero-order valence-electron chi connectivity index (χ0n) is 29.3. The van der Waals surface area contributed by atoms with Crippen molar-refractivity contribution in [1.29, 1.82) is 0 Å². The van der Waals surface area contributed by atoms with Gasteiger partial charge in [0.2, 0.25) is 5.91 Å². The summed E-state index contributed by atoms with van der Waals surface area (Å²) in [5, 5.41) is 2.47. The third-order valence-corrected chi connectivity index (χ3v) is 17.5. The number of carbonyl (C=O) groups is 1. The van der Waals surface area contributed by atoms with E-state index >= 15 is 0 Å². The highest BCUT2D eigenvalue weighted by atomic mass is 28.4. The average molecular weight is 662 g/mol. The summed E-state index contributed by atoms with van der Waals surface area (Å²) >= 11 is 0. The van der Waals surface area contributed by atoms with Gasteiger partial charge in [0.15, 0.2) is 0 Å². The van der Waals surface area contributed by atoms with Crippen LogP contribution in [0.1, 0.15) is 73.8 Å². The Morgan fingerprint density at radius 2 is 1.18 bits per heavy atom. The second kappa shape index (κ2) is 12.0. The van der Waals surface area contributed by atoms with Crippen LogP contribution < -0.4 is 10.4 Å². The Morgan fingerprint density at radius 3 is 1.69 bits per heavy atom. The maximum Gasteiger partial charge on any atom is 0.261 e. The van der Waals surface area contributed by atoms with Gasteiger partial charge < -0.3 is 9.33 Å². The summed E-state index contributed by atoms with van der Waals surface area (Å²) in [5.74, 6) is 0.539. The van der Waals surface area contributed by atoms with Crippen molar-refractivity contribution in [3.05, 3.63) is 167 Å². The lowest BCUT2D eigenvalue weighted by molar-refractivity contribution is -0.133. The van der Waals surface area contributed by atoms with Crippen LogP contribution in [0.25, 0.3) is 0 Å². The summed E-state index contributed by atoms with van der Waals surface area (Å²) in [6, 6.07) is 50.8. The molecular weight excluding hydrogens is 615 g/mol. The molecule has 4 heteroatoms. The molecule has 4 atom stereocenters. The second-order valence-corrected chi connectivity index (χ2v) is 19.8. The topological polar surface area (TPSA) is 29.5 Å². The maximum absolute atomic E-state index is 15.0. The van der Waals surface area contributed by atoms with Crippen LogP contribution in [0.3, 0.4) is 0 Å². The fourth-order valence-corrected chi connectivity index (χ4v) is 15.1. The molecule has 0 unspecified atom stereocenters. The van der Waals surface area contributed by atoms with Gasteiger partial charge in [0, 0.05) is 36.9 Å². The van der Waals surface area contributed by atoms with Crippen LogP contribution >= 0.6 is 0 Å². The van der Waals surface area contributed by atoms with Crippen LogP contribution in [0.2, 0.25) is 5.04 Å². The number of nitrogens with zero attached hydrogens (tertiary/aromatic N) is 1. The molecule has 4 aliphatic rings. The molecule has 1 heterocycles. The van der Waals surface area contributed by atoms with Crippen LogP contribution in [0.4, 0.5) is 0 Å². The van der Waals surface area contributed by atoms with Crippen LogP contribution in [0.15, 0.2) is 140 Å². The summed E-state index contributed by atoms with van der Waals surface area (Å²) < 4.78 is 7.45. The van der Waals surface area contributed by atoms with Crippen molar-refractivity contribution in [3.8, 4) is 0 Å². The van der Waals surface area contributed by atoms with Crippen LogP contribution in [0, 0.1) is 11.8 Å². The van der Waals surface area contributed by atoms with Crippen molar-refractivity contribution in [3.63, 3.8) is 0 Å². The number of amides is 1. The minimum absolute atomic E-state index is 0.0600. The molecule has 5 aromatic carbocycles. The molecule has 0 saturated carbocycles. The van der Waals surface area contributed by atoms with Crippen molar-refractivity contribution in [2.75, 3.05) is 13.7 Å². The predicted molar refractivity (Wildman–Crippen MR) is 202 cm³/mol. The van der Waals surface area contributed by atoms with E-state index in [1.165, 1.54) is 38.2 Å². The molecule has 3 aliphatic carbocycles. The summed E-state index contributed by atoms with van der Waals surface area (Å²) in [7, 11) is -0.657.